The molecule has 0 atom stereocenters. The third-order valence-electron chi connectivity index (χ3n) is 7.51. The molecule has 3 aromatic rings. The van der Waals surface area contributed by atoms with Crippen molar-refractivity contribution >= 4 is 45.6 Å². The van der Waals surface area contributed by atoms with E-state index < -0.39 is 0 Å². The van der Waals surface area contributed by atoms with E-state index in [1.165, 1.54) is 6.92 Å². The second kappa shape index (κ2) is 13.9. The van der Waals surface area contributed by atoms with Gasteiger partial charge >= 0.3 is 0 Å². The molecule has 0 spiro atoms. The minimum absolute atomic E-state index is 0.0330. The summed E-state index contributed by atoms with van der Waals surface area (Å²) in [6.07, 6.45) is 4.30. The van der Waals surface area contributed by atoms with Gasteiger partial charge in [0, 0.05) is 73.2 Å². The van der Waals surface area contributed by atoms with Crippen LogP contribution in [0.2, 0.25) is 5.02 Å². The van der Waals surface area contributed by atoms with E-state index in [4.69, 9.17) is 25.8 Å². The Hall–Kier alpha value is -3.79. The summed E-state index contributed by atoms with van der Waals surface area (Å²) in [5.41, 5.74) is 3.96. The third kappa shape index (κ3) is 8.22. The number of benzene rings is 2. The van der Waals surface area contributed by atoms with E-state index in [9.17, 15) is 9.59 Å². The molecule has 2 aliphatic heterocycles. The Bertz CT molecular complexity index is 1610. The van der Waals surface area contributed by atoms with Gasteiger partial charge in [-0.1, -0.05) is 38.4 Å². The molecular formula is C34H39ClN4O5. The molecule has 44 heavy (non-hydrogen) atoms. The number of nitrogens with one attached hydrogen (secondary N) is 1. The minimum atomic E-state index is -0.211. The summed E-state index contributed by atoms with van der Waals surface area (Å²) < 4.78 is 17.7. The molecule has 2 aliphatic rings. The molecule has 1 saturated heterocycles. The normalized spacial score (nSPS) is 15.6. The molecule has 3 heterocycles. The number of ether oxygens (including phenoxy) is 3. The largest absolute Gasteiger partial charge is 0.490 e. The highest BCUT2D eigenvalue weighted by Gasteiger charge is 2.22. The first-order chi connectivity index (χ1) is 21.0. The van der Waals surface area contributed by atoms with Crippen molar-refractivity contribution < 1.29 is 23.8 Å². The number of morpholine rings is 1. The van der Waals surface area contributed by atoms with E-state index in [2.05, 4.69) is 41.0 Å². The topological polar surface area (TPSA) is 102 Å². The SMILES string of the molecule is CC(=O)Nc1cc2c(Oc3ccc(CC(=O)CC4=CC(C(C)(C)C)=NC4)c(Cl)c3)ccnc2cc1OCCN1CCOCC1. The van der Waals surface area contributed by atoms with E-state index >= 15 is 0 Å². The van der Waals surface area contributed by atoms with Crippen LogP contribution >= 0.6 is 11.6 Å². The van der Waals surface area contributed by atoms with Crippen molar-refractivity contribution in [3.63, 3.8) is 0 Å². The lowest BCUT2D eigenvalue weighted by Crippen LogP contribution is -2.38. The molecule has 0 saturated carbocycles. The number of carbonyl (C=O) groups excluding carboxylic acids is 2. The molecule has 9 nitrogen and oxygen atoms in total. The fourth-order valence-electron chi connectivity index (χ4n) is 5.18. The van der Waals surface area contributed by atoms with Gasteiger partial charge in [0.1, 0.15) is 29.6 Å². The predicted octanol–water partition coefficient (Wildman–Crippen LogP) is 6.28. The van der Waals surface area contributed by atoms with Crippen LogP contribution in [0.15, 0.2) is 59.2 Å². The molecule has 1 N–H and O–H groups in total. The summed E-state index contributed by atoms with van der Waals surface area (Å²) in [6, 6.07) is 10.7. The van der Waals surface area contributed by atoms with Crippen LogP contribution in [0.25, 0.3) is 10.9 Å². The second-order valence-electron chi connectivity index (χ2n) is 12.2. The van der Waals surface area contributed by atoms with Crippen LogP contribution < -0.4 is 14.8 Å². The zero-order valence-corrected chi connectivity index (χ0v) is 26.5. The summed E-state index contributed by atoms with van der Waals surface area (Å²) >= 11 is 6.61. The molecule has 0 unspecified atom stereocenters. The number of aliphatic imine (C=N–C) groups is 1. The van der Waals surface area contributed by atoms with Crippen molar-refractivity contribution in [2.45, 2.75) is 40.5 Å². The Balaban J connectivity index is 1.27. The molecule has 10 heteroatoms. The van der Waals surface area contributed by atoms with Crippen LogP contribution in [0.1, 0.15) is 39.7 Å². The number of aromatic nitrogens is 1. The van der Waals surface area contributed by atoms with Gasteiger partial charge in [-0.2, -0.15) is 0 Å². The summed E-state index contributed by atoms with van der Waals surface area (Å²) in [7, 11) is 0. The maximum Gasteiger partial charge on any atom is 0.221 e. The molecule has 5 rings (SSSR count). The molecule has 232 valence electrons. The second-order valence-corrected chi connectivity index (χ2v) is 12.6. The minimum Gasteiger partial charge on any atom is -0.490 e. The molecule has 1 amide bonds. The lowest BCUT2D eigenvalue weighted by molar-refractivity contribution is -0.118. The highest BCUT2D eigenvalue weighted by molar-refractivity contribution is 6.31. The van der Waals surface area contributed by atoms with Crippen LogP contribution in [0.5, 0.6) is 17.2 Å². The number of hydrogen-bond donors (Lipinski definition) is 1. The third-order valence-corrected chi connectivity index (χ3v) is 7.86. The standard InChI is InChI=1S/C34H39ClN4O5/c1-22(40)38-30-19-27-29(20-32(30)43-14-11-39-9-12-42-13-10-39)36-8-7-31(27)44-26-6-5-24(28(35)18-26)17-25(41)15-23-16-33(37-21-23)34(2,3)4/h5-8,16,18-20H,9-15,17,21H2,1-4H3,(H,38,40). The molecule has 2 aromatic carbocycles. The van der Waals surface area contributed by atoms with Crippen molar-refractivity contribution in [2.24, 2.45) is 10.4 Å². The number of nitrogens with zero attached hydrogens (tertiary/aromatic N) is 3. The van der Waals surface area contributed by atoms with Gasteiger partial charge in [-0.05, 0) is 41.5 Å². The smallest absolute Gasteiger partial charge is 0.221 e. The Morgan fingerprint density at radius 2 is 1.86 bits per heavy atom. The van der Waals surface area contributed by atoms with Gasteiger partial charge in [0.15, 0.2) is 0 Å². The zero-order valence-electron chi connectivity index (χ0n) is 25.7. The maximum atomic E-state index is 12.8. The number of ketones is 1. The van der Waals surface area contributed by atoms with Crippen molar-refractivity contribution in [3.8, 4) is 17.2 Å². The molecule has 0 aliphatic carbocycles. The van der Waals surface area contributed by atoms with E-state index in [0.29, 0.717) is 58.4 Å². The number of hydrogen-bond acceptors (Lipinski definition) is 8. The van der Waals surface area contributed by atoms with E-state index in [1.807, 2.05) is 24.3 Å². The lowest BCUT2D eigenvalue weighted by Gasteiger charge is -2.26. The van der Waals surface area contributed by atoms with Gasteiger partial charge in [-0.3, -0.25) is 24.5 Å². The number of amides is 1. The van der Waals surface area contributed by atoms with E-state index in [-0.39, 0.29) is 23.5 Å². The highest BCUT2D eigenvalue weighted by atomic mass is 35.5. The van der Waals surface area contributed by atoms with Crippen molar-refractivity contribution in [2.75, 3.05) is 51.3 Å². The van der Waals surface area contributed by atoms with Crippen LogP contribution in [-0.4, -0.2) is 73.3 Å². The summed E-state index contributed by atoms with van der Waals surface area (Å²) in [5.74, 6) is 1.48. The highest BCUT2D eigenvalue weighted by Crippen LogP contribution is 2.37. The number of carbonyl (C=O) groups is 2. The summed E-state index contributed by atoms with van der Waals surface area (Å²) in [6.45, 7) is 12.8. The predicted molar refractivity (Wildman–Crippen MR) is 173 cm³/mol. The number of rotatable bonds is 11. The number of Topliss-reactive ketones (excluding diaryl/α,β-unsaturated/α-hetero) is 1. The Morgan fingerprint density at radius 1 is 1.07 bits per heavy atom. The Labute approximate surface area is 263 Å². The quantitative estimate of drug-likeness (QED) is 0.270. The molecule has 1 fully saturated rings. The average molecular weight is 619 g/mol. The van der Waals surface area contributed by atoms with Crippen LogP contribution in [0.3, 0.4) is 0 Å². The number of halogens is 1. The first-order valence-corrected chi connectivity index (χ1v) is 15.3. The van der Waals surface area contributed by atoms with Gasteiger partial charge in [0.2, 0.25) is 5.91 Å². The van der Waals surface area contributed by atoms with Gasteiger partial charge in [-0.25, -0.2) is 0 Å². The summed E-state index contributed by atoms with van der Waals surface area (Å²) in [4.78, 5) is 36.2. The molecular weight excluding hydrogens is 580 g/mol. The van der Waals surface area contributed by atoms with Crippen LogP contribution in [-0.2, 0) is 20.7 Å². The van der Waals surface area contributed by atoms with Gasteiger partial charge in [0.25, 0.3) is 0 Å². The van der Waals surface area contributed by atoms with Gasteiger partial charge in [-0.15, -0.1) is 0 Å². The average Bonchev–Trinajstić information content (AvgIpc) is 3.44. The van der Waals surface area contributed by atoms with Gasteiger partial charge < -0.3 is 19.5 Å². The number of allylic oxidation sites excluding steroid dienone is 1. The Kier molecular flexibility index (Phi) is 9.98. The maximum absolute atomic E-state index is 12.8. The molecule has 1 aromatic heterocycles. The number of pyridine rings is 1. The first kappa shape index (κ1) is 31.6. The number of fused-ring (bicyclic) bond motifs is 1. The van der Waals surface area contributed by atoms with E-state index in [0.717, 1.165) is 49.7 Å². The van der Waals surface area contributed by atoms with E-state index in [1.54, 1.807) is 24.4 Å². The lowest BCUT2D eigenvalue weighted by atomic mass is 9.89. The first-order valence-electron chi connectivity index (χ1n) is 14.9. The fourth-order valence-corrected chi connectivity index (χ4v) is 5.41. The van der Waals surface area contributed by atoms with Gasteiger partial charge in [0.05, 0.1) is 31.0 Å². The monoisotopic (exact) mass is 618 g/mol. The van der Waals surface area contributed by atoms with Crippen molar-refractivity contribution in [1.29, 1.82) is 0 Å². The molecule has 0 bridgehead atoms. The molecule has 0 radical (unpaired) electrons. The Morgan fingerprint density at radius 3 is 2.57 bits per heavy atom. The van der Waals surface area contributed by atoms with Crippen LogP contribution in [0, 0.1) is 5.41 Å². The van der Waals surface area contributed by atoms with Crippen molar-refractivity contribution in [1.82, 2.24) is 9.88 Å². The van der Waals surface area contributed by atoms with Crippen LogP contribution in [0.4, 0.5) is 5.69 Å². The van der Waals surface area contributed by atoms with Crippen molar-refractivity contribution in [3.05, 3.63) is 64.8 Å². The summed E-state index contributed by atoms with van der Waals surface area (Å²) in [5, 5.41) is 4.03. The zero-order chi connectivity index (χ0) is 31.3. The number of anilines is 1. The fraction of sp³-hybridized carbons (Fsp3) is 0.412.